The Morgan fingerprint density at radius 1 is 1.14 bits per heavy atom. The second-order valence-electron chi connectivity index (χ2n) is 7.76. The van der Waals surface area contributed by atoms with Gasteiger partial charge in [-0.25, -0.2) is 0 Å². The summed E-state index contributed by atoms with van der Waals surface area (Å²) in [5.41, 5.74) is 2.02. The summed E-state index contributed by atoms with van der Waals surface area (Å²) < 4.78 is 0. The van der Waals surface area contributed by atoms with Gasteiger partial charge in [-0.15, -0.1) is 0 Å². The quantitative estimate of drug-likeness (QED) is 0.833. The Morgan fingerprint density at radius 3 is 2.75 bits per heavy atom. The highest BCUT2D eigenvalue weighted by molar-refractivity contribution is 5.92. The molecule has 0 bridgehead atoms. The van der Waals surface area contributed by atoms with Crippen LogP contribution in [0.25, 0.3) is 0 Å². The number of aromatic amines is 1. The molecule has 0 aromatic carbocycles. The van der Waals surface area contributed by atoms with Crippen molar-refractivity contribution in [2.24, 2.45) is 0 Å². The van der Waals surface area contributed by atoms with Gasteiger partial charge in [-0.2, -0.15) is 5.10 Å². The minimum Gasteiger partial charge on any atom is -0.348 e. The molecule has 1 aliphatic heterocycles. The number of hydrogen-bond acceptors (Lipinski definition) is 4. The molecule has 1 saturated carbocycles. The summed E-state index contributed by atoms with van der Waals surface area (Å²) in [4.78, 5) is 31.5. The third-order valence-electron chi connectivity index (χ3n) is 5.76. The molecule has 2 aliphatic rings. The van der Waals surface area contributed by atoms with E-state index in [0.29, 0.717) is 12.1 Å². The largest absolute Gasteiger partial charge is 0.348 e. The zero-order valence-electron chi connectivity index (χ0n) is 16.1. The number of piperidine rings is 1. The van der Waals surface area contributed by atoms with E-state index in [4.69, 9.17) is 0 Å². The van der Waals surface area contributed by atoms with Crippen molar-refractivity contribution in [2.45, 2.75) is 63.5 Å². The Balaban J connectivity index is 1.44. The first-order valence-corrected chi connectivity index (χ1v) is 10.3. The van der Waals surface area contributed by atoms with E-state index in [2.05, 4.69) is 20.5 Å². The first-order chi connectivity index (χ1) is 13.7. The molecule has 3 heterocycles. The second kappa shape index (κ2) is 8.54. The van der Waals surface area contributed by atoms with Crippen LogP contribution in [0.15, 0.2) is 30.5 Å². The maximum Gasteiger partial charge on any atom is 0.271 e. The lowest BCUT2D eigenvalue weighted by molar-refractivity contribution is -0.134. The van der Waals surface area contributed by atoms with E-state index in [0.717, 1.165) is 50.0 Å². The molecule has 2 fully saturated rings. The lowest BCUT2D eigenvalue weighted by Gasteiger charge is -2.35. The number of rotatable bonds is 5. The van der Waals surface area contributed by atoms with Gasteiger partial charge in [-0.1, -0.05) is 18.9 Å². The minimum atomic E-state index is -0.128. The lowest BCUT2D eigenvalue weighted by atomic mass is 9.98. The Labute approximate surface area is 164 Å². The third kappa shape index (κ3) is 4.24. The van der Waals surface area contributed by atoms with Gasteiger partial charge < -0.3 is 10.2 Å². The van der Waals surface area contributed by atoms with Gasteiger partial charge in [-0.3, -0.25) is 19.7 Å². The Bertz CT molecular complexity index is 813. The molecule has 0 spiro atoms. The summed E-state index contributed by atoms with van der Waals surface area (Å²) in [6.45, 7) is 0.721. The number of hydrogen-bond donors (Lipinski definition) is 2. The van der Waals surface area contributed by atoms with Crippen LogP contribution in [0, 0.1) is 0 Å². The summed E-state index contributed by atoms with van der Waals surface area (Å²) in [5.74, 6) is -0.0634. The molecule has 0 radical (unpaired) electrons. The van der Waals surface area contributed by atoms with Crippen LogP contribution in [0.5, 0.6) is 0 Å². The number of H-pyrrole nitrogens is 1. The Kier molecular flexibility index (Phi) is 5.69. The number of carbonyl (C=O) groups is 2. The topological polar surface area (TPSA) is 91.0 Å². The van der Waals surface area contributed by atoms with Crippen LogP contribution >= 0.6 is 0 Å². The summed E-state index contributed by atoms with van der Waals surface area (Å²) >= 11 is 0. The van der Waals surface area contributed by atoms with E-state index in [1.54, 1.807) is 12.3 Å². The van der Waals surface area contributed by atoms with E-state index >= 15 is 0 Å². The average molecular weight is 381 g/mol. The van der Waals surface area contributed by atoms with Crippen LogP contribution in [0.2, 0.25) is 0 Å². The predicted molar refractivity (Wildman–Crippen MR) is 105 cm³/mol. The monoisotopic (exact) mass is 381 g/mol. The smallest absolute Gasteiger partial charge is 0.271 e. The van der Waals surface area contributed by atoms with E-state index in [-0.39, 0.29) is 23.9 Å². The minimum absolute atomic E-state index is 0.0644. The fourth-order valence-electron chi connectivity index (χ4n) is 4.27. The third-order valence-corrected chi connectivity index (χ3v) is 5.76. The molecular formula is C21H27N5O2. The SMILES string of the molecule is O=C(NC1CCCC1)c1cc(C2CCCCN2C(=O)Cc2ccccn2)[nH]n1. The normalized spacial score (nSPS) is 20.3. The molecule has 1 saturated heterocycles. The maximum atomic E-state index is 12.9. The van der Waals surface area contributed by atoms with Gasteiger partial charge in [0.1, 0.15) is 5.69 Å². The van der Waals surface area contributed by atoms with Crippen molar-refractivity contribution in [3.8, 4) is 0 Å². The molecule has 1 aliphatic carbocycles. The van der Waals surface area contributed by atoms with Crippen LogP contribution in [-0.4, -0.2) is 44.5 Å². The van der Waals surface area contributed by atoms with Gasteiger partial charge in [-0.05, 0) is 50.3 Å². The first-order valence-electron chi connectivity index (χ1n) is 10.3. The van der Waals surface area contributed by atoms with Gasteiger partial charge in [0.2, 0.25) is 5.91 Å². The number of nitrogens with one attached hydrogen (secondary N) is 2. The zero-order chi connectivity index (χ0) is 19.3. The standard InChI is InChI=1S/C21H27N5O2/c27-20(13-16-9-3-5-11-22-16)26-12-6-4-10-19(26)17-14-18(25-24-17)21(28)23-15-7-1-2-8-15/h3,5,9,11,14-15,19H,1-2,4,6-8,10,12-13H2,(H,23,28)(H,24,25). The maximum absolute atomic E-state index is 12.9. The highest BCUT2D eigenvalue weighted by atomic mass is 16.2. The van der Waals surface area contributed by atoms with E-state index in [1.807, 2.05) is 23.1 Å². The van der Waals surface area contributed by atoms with Gasteiger partial charge in [0.25, 0.3) is 5.91 Å². The van der Waals surface area contributed by atoms with Crippen molar-refractivity contribution < 1.29 is 9.59 Å². The number of pyridine rings is 1. The molecule has 148 valence electrons. The Morgan fingerprint density at radius 2 is 1.96 bits per heavy atom. The van der Waals surface area contributed by atoms with Crippen LogP contribution in [0.1, 0.15) is 72.9 Å². The van der Waals surface area contributed by atoms with Gasteiger partial charge in [0.15, 0.2) is 0 Å². The molecule has 7 heteroatoms. The van der Waals surface area contributed by atoms with E-state index < -0.39 is 0 Å². The van der Waals surface area contributed by atoms with E-state index in [9.17, 15) is 9.59 Å². The van der Waals surface area contributed by atoms with E-state index in [1.165, 1.54) is 12.8 Å². The first kappa shape index (κ1) is 18.7. The van der Waals surface area contributed by atoms with Crippen molar-refractivity contribution in [3.05, 3.63) is 47.5 Å². The molecule has 1 unspecified atom stereocenters. The number of nitrogens with zero attached hydrogens (tertiary/aromatic N) is 3. The van der Waals surface area contributed by atoms with Gasteiger partial charge >= 0.3 is 0 Å². The molecule has 28 heavy (non-hydrogen) atoms. The molecule has 2 aromatic rings. The molecule has 4 rings (SSSR count). The number of amides is 2. The summed E-state index contributed by atoms with van der Waals surface area (Å²) in [5, 5.41) is 10.3. The van der Waals surface area contributed by atoms with Crippen LogP contribution in [0.3, 0.4) is 0 Å². The fraction of sp³-hybridized carbons (Fsp3) is 0.524. The number of aromatic nitrogens is 3. The second-order valence-corrected chi connectivity index (χ2v) is 7.76. The van der Waals surface area contributed by atoms with Crippen molar-refractivity contribution in [3.63, 3.8) is 0 Å². The Hall–Kier alpha value is -2.70. The molecule has 1 atom stereocenters. The molecule has 2 amide bonds. The van der Waals surface area contributed by atoms with Crippen molar-refractivity contribution in [1.29, 1.82) is 0 Å². The lowest BCUT2D eigenvalue weighted by Crippen LogP contribution is -2.39. The number of carbonyl (C=O) groups excluding carboxylic acids is 2. The van der Waals surface area contributed by atoms with Crippen LogP contribution in [-0.2, 0) is 11.2 Å². The molecule has 2 N–H and O–H groups in total. The van der Waals surface area contributed by atoms with Crippen molar-refractivity contribution in [1.82, 2.24) is 25.4 Å². The summed E-state index contributed by atoms with van der Waals surface area (Å²) in [6, 6.07) is 7.62. The van der Waals surface area contributed by atoms with Gasteiger partial charge in [0, 0.05) is 24.5 Å². The number of likely N-dealkylation sites (tertiary alicyclic amines) is 1. The molecule has 7 nitrogen and oxygen atoms in total. The van der Waals surface area contributed by atoms with Crippen molar-refractivity contribution in [2.75, 3.05) is 6.54 Å². The fourth-order valence-corrected chi connectivity index (χ4v) is 4.27. The molecular weight excluding hydrogens is 354 g/mol. The highest BCUT2D eigenvalue weighted by Gasteiger charge is 2.30. The highest BCUT2D eigenvalue weighted by Crippen LogP contribution is 2.30. The van der Waals surface area contributed by atoms with Crippen LogP contribution in [0.4, 0.5) is 0 Å². The zero-order valence-corrected chi connectivity index (χ0v) is 16.1. The summed E-state index contributed by atoms with van der Waals surface area (Å²) in [7, 11) is 0. The average Bonchev–Trinajstić information content (AvgIpc) is 3.41. The van der Waals surface area contributed by atoms with Crippen molar-refractivity contribution >= 4 is 11.8 Å². The van der Waals surface area contributed by atoms with Crippen LogP contribution < -0.4 is 5.32 Å². The predicted octanol–water partition coefficient (Wildman–Crippen LogP) is 2.77. The van der Waals surface area contributed by atoms with Gasteiger partial charge in [0.05, 0.1) is 18.2 Å². The summed E-state index contributed by atoms with van der Waals surface area (Å²) in [6.07, 6.45) is 9.36. The molecule has 2 aromatic heterocycles.